The fraction of sp³-hybridized carbons (Fsp3) is 0.174. The van der Waals surface area contributed by atoms with Gasteiger partial charge in [-0.15, -0.1) is 0 Å². The maximum absolute atomic E-state index is 12.7. The molecule has 132 valence electrons. The lowest BCUT2D eigenvalue weighted by atomic mass is 9.98. The molecule has 0 spiro atoms. The lowest BCUT2D eigenvalue weighted by Gasteiger charge is -2.09. The summed E-state index contributed by atoms with van der Waals surface area (Å²) in [5.74, 6) is 0.207. The Hall–Kier alpha value is -3.07. The Kier molecular flexibility index (Phi) is 5.08. The predicted molar refractivity (Wildman–Crippen MR) is 106 cm³/mol. The molecule has 0 aliphatic rings. The number of benzene rings is 3. The van der Waals surface area contributed by atoms with Crippen molar-refractivity contribution in [2.24, 2.45) is 0 Å². The highest BCUT2D eigenvalue weighted by molar-refractivity contribution is 6.09. The van der Waals surface area contributed by atoms with E-state index in [2.05, 4.69) is 36.5 Å². The Morgan fingerprint density at radius 1 is 0.846 bits per heavy atom. The van der Waals surface area contributed by atoms with Gasteiger partial charge in [0.1, 0.15) is 5.75 Å². The van der Waals surface area contributed by atoms with Gasteiger partial charge in [0.15, 0.2) is 5.78 Å². The van der Waals surface area contributed by atoms with Crippen LogP contribution in [-0.2, 0) is 6.54 Å². The number of anilines is 1. The molecule has 3 heteroatoms. The molecule has 0 bridgehead atoms. The van der Waals surface area contributed by atoms with Crippen LogP contribution in [0.1, 0.15) is 38.2 Å². The average molecular weight is 345 g/mol. The van der Waals surface area contributed by atoms with E-state index >= 15 is 0 Å². The Balaban J connectivity index is 1.70. The number of carbonyl (C=O) groups is 1. The second-order valence-electron chi connectivity index (χ2n) is 6.70. The van der Waals surface area contributed by atoms with Crippen molar-refractivity contribution in [1.29, 1.82) is 0 Å². The normalized spacial score (nSPS) is 10.6. The lowest BCUT2D eigenvalue weighted by molar-refractivity contribution is 0.103. The molecule has 0 atom stereocenters. The van der Waals surface area contributed by atoms with Crippen LogP contribution in [0.3, 0.4) is 0 Å². The number of phenols is 1. The molecule has 0 unspecified atom stereocenters. The number of aryl methyl sites for hydroxylation is 3. The fourth-order valence-corrected chi connectivity index (χ4v) is 2.90. The molecule has 0 aliphatic heterocycles. The van der Waals surface area contributed by atoms with E-state index in [9.17, 15) is 9.90 Å². The first-order chi connectivity index (χ1) is 12.4. The molecule has 0 amide bonds. The summed E-state index contributed by atoms with van der Waals surface area (Å²) in [7, 11) is 0. The Labute approximate surface area is 154 Å². The second kappa shape index (κ2) is 7.44. The minimum Gasteiger partial charge on any atom is -0.507 e. The minimum atomic E-state index is -0.0405. The Morgan fingerprint density at radius 3 is 2.00 bits per heavy atom. The van der Waals surface area contributed by atoms with Crippen LogP contribution in [0.15, 0.2) is 60.7 Å². The maximum Gasteiger partial charge on any atom is 0.193 e. The van der Waals surface area contributed by atoms with Crippen molar-refractivity contribution in [3.8, 4) is 5.75 Å². The standard InChI is InChI=1S/C23H23NO2/c1-15-4-6-18(7-5-15)14-24-21-10-8-19(9-11-21)23(26)20-12-16(2)22(25)17(3)13-20/h4-13,24-25H,14H2,1-3H3. The average Bonchev–Trinajstić information content (AvgIpc) is 2.65. The molecule has 0 heterocycles. The molecule has 0 saturated carbocycles. The lowest BCUT2D eigenvalue weighted by Crippen LogP contribution is -2.04. The van der Waals surface area contributed by atoms with E-state index < -0.39 is 0 Å². The van der Waals surface area contributed by atoms with Gasteiger partial charge in [0.25, 0.3) is 0 Å². The van der Waals surface area contributed by atoms with E-state index in [1.807, 2.05) is 24.3 Å². The van der Waals surface area contributed by atoms with E-state index in [1.165, 1.54) is 11.1 Å². The number of aromatic hydroxyl groups is 1. The molecule has 3 rings (SSSR count). The van der Waals surface area contributed by atoms with Crippen LogP contribution in [0.5, 0.6) is 5.75 Å². The number of nitrogens with one attached hydrogen (secondary N) is 1. The van der Waals surface area contributed by atoms with Gasteiger partial charge in [0, 0.05) is 23.4 Å². The fourth-order valence-electron chi connectivity index (χ4n) is 2.90. The summed E-state index contributed by atoms with van der Waals surface area (Å²) < 4.78 is 0. The topological polar surface area (TPSA) is 49.3 Å². The Bertz CT molecular complexity index is 902. The number of carbonyl (C=O) groups excluding carboxylic acids is 1. The van der Waals surface area contributed by atoms with Gasteiger partial charge in [-0.1, -0.05) is 29.8 Å². The van der Waals surface area contributed by atoms with Gasteiger partial charge >= 0.3 is 0 Å². The molecule has 26 heavy (non-hydrogen) atoms. The largest absolute Gasteiger partial charge is 0.507 e. The number of ketones is 1. The van der Waals surface area contributed by atoms with E-state index in [4.69, 9.17) is 0 Å². The van der Waals surface area contributed by atoms with Gasteiger partial charge in [-0.3, -0.25) is 4.79 Å². The molecule has 0 radical (unpaired) electrons. The summed E-state index contributed by atoms with van der Waals surface area (Å²) in [5.41, 5.74) is 6.09. The van der Waals surface area contributed by atoms with Crippen LogP contribution >= 0.6 is 0 Å². The highest BCUT2D eigenvalue weighted by Gasteiger charge is 2.12. The third-order valence-electron chi connectivity index (χ3n) is 4.52. The molecular formula is C23H23NO2. The first-order valence-corrected chi connectivity index (χ1v) is 8.68. The van der Waals surface area contributed by atoms with Crippen LogP contribution in [0.25, 0.3) is 0 Å². The van der Waals surface area contributed by atoms with Gasteiger partial charge in [0.2, 0.25) is 0 Å². The molecular weight excluding hydrogens is 322 g/mol. The molecule has 0 fully saturated rings. The Morgan fingerprint density at radius 2 is 1.42 bits per heavy atom. The zero-order valence-electron chi connectivity index (χ0n) is 15.3. The van der Waals surface area contributed by atoms with Gasteiger partial charge in [-0.25, -0.2) is 0 Å². The van der Waals surface area contributed by atoms with Crippen molar-refractivity contribution >= 4 is 11.5 Å². The molecule has 0 aromatic heterocycles. The van der Waals surface area contributed by atoms with Crippen molar-refractivity contribution in [2.45, 2.75) is 27.3 Å². The SMILES string of the molecule is Cc1ccc(CNc2ccc(C(=O)c3cc(C)c(O)c(C)c3)cc2)cc1. The first kappa shape index (κ1) is 17.7. The maximum atomic E-state index is 12.7. The van der Waals surface area contributed by atoms with Crippen LogP contribution < -0.4 is 5.32 Å². The van der Waals surface area contributed by atoms with Crippen molar-refractivity contribution in [3.63, 3.8) is 0 Å². The zero-order chi connectivity index (χ0) is 18.7. The van der Waals surface area contributed by atoms with Gasteiger partial charge in [0.05, 0.1) is 0 Å². The van der Waals surface area contributed by atoms with Gasteiger partial charge < -0.3 is 10.4 Å². The molecule has 0 aliphatic carbocycles. The summed E-state index contributed by atoms with van der Waals surface area (Å²) in [6.45, 7) is 6.42. The molecule has 3 nitrogen and oxygen atoms in total. The quantitative estimate of drug-likeness (QED) is 0.628. The second-order valence-corrected chi connectivity index (χ2v) is 6.70. The van der Waals surface area contributed by atoms with Crippen LogP contribution in [0.4, 0.5) is 5.69 Å². The van der Waals surface area contributed by atoms with Crippen LogP contribution in [0, 0.1) is 20.8 Å². The highest BCUT2D eigenvalue weighted by Crippen LogP contribution is 2.24. The van der Waals surface area contributed by atoms with Crippen molar-refractivity contribution < 1.29 is 9.90 Å². The summed E-state index contributed by atoms with van der Waals surface area (Å²) in [4.78, 5) is 12.7. The summed E-state index contributed by atoms with van der Waals surface area (Å²) in [6, 6.07) is 19.4. The van der Waals surface area contributed by atoms with Gasteiger partial charge in [-0.05, 0) is 73.9 Å². The van der Waals surface area contributed by atoms with E-state index in [0.717, 1.165) is 12.2 Å². The number of hydrogen-bond donors (Lipinski definition) is 2. The third-order valence-corrected chi connectivity index (χ3v) is 4.52. The monoisotopic (exact) mass is 345 g/mol. The smallest absolute Gasteiger partial charge is 0.193 e. The van der Waals surface area contributed by atoms with Crippen molar-refractivity contribution in [2.75, 3.05) is 5.32 Å². The summed E-state index contributed by atoms with van der Waals surface area (Å²) in [6.07, 6.45) is 0. The van der Waals surface area contributed by atoms with Crippen molar-refractivity contribution in [3.05, 3.63) is 94.0 Å². The summed E-state index contributed by atoms with van der Waals surface area (Å²) in [5, 5.41) is 13.2. The van der Waals surface area contributed by atoms with Gasteiger partial charge in [-0.2, -0.15) is 0 Å². The summed E-state index contributed by atoms with van der Waals surface area (Å²) >= 11 is 0. The molecule has 0 saturated heterocycles. The van der Waals surface area contributed by atoms with E-state index in [0.29, 0.717) is 22.3 Å². The number of phenolic OH excluding ortho intramolecular Hbond substituents is 1. The van der Waals surface area contributed by atoms with Crippen molar-refractivity contribution in [1.82, 2.24) is 0 Å². The van der Waals surface area contributed by atoms with Crippen LogP contribution in [-0.4, -0.2) is 10.9 Å². The van der Waals surface area contributed by atoms with E-state index in [-0.39, 0.29) is 11.5 Å². The van der Waals surface area contributed by atoms with E-state index in [1.54, 1.807) is 26.0 Å². The molecule has 3 aromatic carbocycles. The minimum absolute atomic E-state index is 0.0405. The molecule has 2 N–H and O–H groups in total. The number of rotatable bonds is 5. The highest BCUT2D eigenvalue weighted by atomic mass is 16.3. The third kappa shape index (κ3) is 3.94. The van der Waals surface area contributed by atoms with Crippen LogP contribution in [0.2, 0.25) is 0 Å². The zero-order valence-corrected chi connectivity index (χ0v) is 15.3. The first-order valence-electron chi connectivity index (χ1n) is 8.68. The molecule has 3 aromatic rings. The predicted octanol–water partition coefficient (Wildman–Crippen LogP) is 5.16. The number of hydrogen-bond acceptors (Lipinski definition) is 3.